The molecule has 6 heteroatoms. The molecular formula is C29H34N4O2. The number of nitrogens with two attached hydrogens (primary N) is 1. The second-order valence-electron chi connectivity index (χ2n) is 9.46. The zero-order valence-corrected chi connectivity index (χ0v) is 20.4. The number of nitrogens with one attached hydrogen (secondary N) is 1. The molecule has 0 radical (unpaired) electrons. The Kier molecular flexibility index (Phi) is 7.85. The van der Waals surface area contributed by atoms with Crippen LogP contribution in [-0.4, -0.2) is 26.7 Å². The molecule has 182 valence electrons. The Labute approximate surface area is 207 Å². The minimum atomic E-state index is -0.669. The van der Waals surface area contributed by atoms with Crippen LogP contribution in [0.25, 0.3) is 11.3 Å². The van der Waals surface area contributed by atoms with Crippen LogP contribution in [0.4, 0.5) is 5.69 Å². The van der Waals surface area contributed by atoms with Crippen molar-refractivity contribution >= 4 is 5.69 Å². The lowest BCUT2D eigenvalue weighted by Crippen LogP contribution is -2.42. The normalized spacial score (nSPS) is 12.4. The number of hydrogen-bond donors (Lipinski definition) is 3. The molecule has 0 fully saturated rings. The maximum Gasteiger partial charge on any atom is 0.142 e. The smallest absolute Gasteiger partial charge is 0.142 e. The summed E-state index contributed by atoms with van der Waals surface area (Å²) in [7, 11) is 0. The Morgan fingerprint density at radius 1 is 1.03 bits per heavy atom. The van der Waals surface area contributed by atoms with Gasteiger partial charge >= 0.3 is 0 Å². The Hall–Kier alpha value is -3.61. The van der Waals surface area contributed by atoms with Gasteiger partial charge in [-0.2, -0.15) is 0 Å². The van der Waals surface area contributed by atoms with Crippen molar-refractivity contribution in [3.05, 3.63) is 103 Å². The summed E-state index contributed by atoms with van der Waals surface area (Å²) in [5.41, 5.74) is 10.5. The molecule has 0 amide bonds. The van der Waals surface area contributed by atoms with Crippen molar-refractivity contribution < 1.29 is 9.84 Å². The maximum absolute atomic E-state index is 10.7. The van der Waals surface area contributed by atoms with Gasteiger partial charge in [-0.15, -0.1) is 0 Å². The number of aliphatic hydroxyl groups is 1. The topological polar surface area (TPSA) is 85.3 Å². The van der Waals surface area contributed by atoms with Gasteiger partial charge in [0.05, 0.1) is 23.8 Å². The number of imidazole rings is 1. The lowest BCUT2D eigenvalue weighted by atomic mass is 9.99. The molecule has 0 spiro atoms. The van der Waals surface area contributed by atoms with Crippen LogP contribution in [0.15, 0.2) is 91.4 Å². The molecule has 0 aliphatic carbocycles. The van der Waals surface area contributed by atoms with Gasteiger partial charge in [0.2, 0.25) is 0 Å². The van der Waals surface area contributed by atoms with E-state index in [0.717, 1.165) is 35.3 Å². The van der Waals surface area contributed by atoms with Gasteiger partial charge < -0.3 is 25.5 Å². The van der Waals surface area contributed by atoms with E-state index in [4.69, 9.17) is 10.5 Å². The third-order valence-corrected chi connectivity index (χ3v) is 6.13. The number of benzene rings is 3. The lowest BCUT2D eigenvalue weighted by Gasteiger charge is -2.28. The number of aliphatic hydroxyl groups excluding tert-OH is 1. The van der Waals surface area contributed by atoms with E-state index in [-0.39, 0.29) is 5.54 Å². The van der Waals surface area contributed by atoms with E-state index in [1.165, 1.54) is 0 Å². The molecule has 0 saturated carbocycles. The van der Waals surface area contributed by atoms with Crippen LogP contribution in [0.5, 0.6) is 5.75 Å². The Balaban J connectivity index is 1.26. The molecule has 1 heterocycles. The minimum absolute atomic E-state index is 0.164. The molecule has 35 heavy (non-hydrogen) atoms. The van der Waals surface area contributed by atoms with Gasteiger partial charge in [0.25, 0.3) is 0 Å². The van der Waals surface area contributed by atoms with E-state index < -0.39 is 6.10 Å². The summed E-state index contributed by atoms with van der Waals surface area (Å²) in [6, 6.07) is 25.6. The van der Waals surface area contributed by atoms with Gasteiger partial charge in [-0.05, 0) is 43.5 Å². The third-order valence-electron chi connectivity index (χ3n) is 6.13. The molecule has 1 atom stereocenters. The average molecular weight is 471 g/mol. The quantitative estimate of drug-likeness (QED) is 0.262. The van der Waals surface area contributed by atoms with Gasteiger partial charge in [-0.1, -0.05) is 66.7 Å². The third kappa shape index (κ3) is 6.94. The van der Waals surface area contributed by atoms with Crippen molar-refractivity contribution in [2.24, 2.45) is 0 Å². The van der Waals surface area contributed by atoms with Crippen LogP contribution in [0.2, 0.25) is 0 Å². The molecule has 4 N–H and O–H groups in total. The minimum Gasteiger partial charge on any atom is -0.487 e. The first-order valence-electron chi connectivity index (χ1n) is 12.0. The molecule has 1 unspecified atom stereocenters. The van der Waals surface area contributed by atoms with Crippen molar-refractivity contribution in [1.82, 2.24) is 14.9 Å². The van der Waals surface area contributed by atoms with Gasteiger partial charge in [0.1, 0.15) is 12.4 Å². The van der Waals surface area contributed by atoms with Crippen LogP contribution >= 0.6 is 0 Å². The zero-order valence-electron chi connectivity index (χ0n) is 20.4. The highest BCUT2D eigenvalue weighted by molar-refractivity contribution is 5.57. The monoisotopic (exact) mass is 470 g/mol. The largest absolute Gasteiger partial charge is 0.487 e. The van der Waals surface area contributed by atoms with Crippen LogP contribution in [0, 0.1) is 0 Å². The Morgan fingerprint density at radius 2 is 1.74 bits per heavy atom. The first kappa shape index (κ1) is 24.5. The Bertz CT molecular complexity index is 1210. The van der Waals surface area contributed by atoms with E-state index in [9.17, 15) is 5.11 Å². The summed E-state index contributed by atoms with van der Waals surface area (Å²) in [6.07, 6.45) is 4.17. The number of aryl methyl sites for hydroxylation is 1. The Morgan fingerprint density at radius 3 is 2.46 bits per heavy atom. The molecule has 3 aromatic carbocycles. The number of ether oxygens (including phenoxy) is 1. The van der Waals surface area contributed by atoms with Crippen LogP contribution in [0.1, 0.15) is 37.5 Å². The van der Waals surface area contributed by atoms with Crippen LogP contribution < -0.4 is 15.8 Å². The van der Waals surface area contributed by atoms with Gasteiger partial charge in [0.15, 0.2) is 0 Å². The molecular weight excluding hydrogens is 436 g/mol. The molecule has 1 aromatic heterocycles. The molecule has 0 saturated heterocycles. The lowest BCUT2D eigenvalue weighted by molar-refractivity contribution is 0.158. The van der Waals surface area contributed by atoms with Gasteiger partial charge in [-0.3, -0.25) is 0 Å². The number of nitrogens with zero attached hydrogens (tertiary/aromatic N) is 2. The number of β-amino-alcohol motifs (C(OH)–C–C–N with tert-alkyl or cyclic N) is 1. The highest BCUT2D eigenvalue weighted by Gasteiger charge is 2.20. The molecule has 0 aliphatic heterocycles. The summed E-state index contributed by atoms with van der Waals surface area (Å²) >= 11 is 0. The fourth-order valence-electron chi connectivity index (χ4n) is 3.87. The van der Waals surface area contributed by atoms with Crippen molar-refractivity contribution in [1.29, 1.82) is 0 Å². The standard InChI is InChI=1S/C29H34N4O2/c1-29(2,15-16-33-19-26(31-21-33)23-11-7-4-8-12-23)32-18-27(34)24-13-14-28(25(30)17-24)35-20-22-9-5-3-6-10-22/h3-14,17,19,21,27,32,34H,15-16,18,20,30H2,1-2H3. The molecule has 0 aliphatic rings. The summed E-state index contributed by atoms with van der Waals surface area (Å²) < 4.78 is 7.95. The highest BCUT2D eigenvalue weighted by Crippen LogP contribution is 2.27. The van der Waals surface area contributed by atoms with Crippen molar-refractivity contribution in [3.63, 3.8) is 0 Å². The summed E-state index contributed by atoms with van der Waals surface area (Å²) in [5, 5.41) is 14.2. The first-order chi connectivity index (χ1) is 16.9. The molecule has 6 nitrogen and oxygen atoms in total. The van der Waals surface area contributed by atoms with E-state index in [2.05, 4.69) is 47.0 Å². The van der Waals surface area contributed by atoms with Crippen LogP contribution in [-0.2, 0) is 13.2 Å². The highest BCUT2D eigenvalue weighted by atomic mass is 16.5. The van der Waals surface area contributed by atoms with E-state index >= 15 is 0 Å². The van der Waals surface area contributed by atoms with Crippen molar-refractivity contribution in [2.45, 2.75) is 45.1 Å². The number of nitrogen functional groups attached to an aromatic ring is 1. The molecule has 0 bridgehead atoms. The molecule has 4 rings (SSSR count). The van der Waals surface area contributed by atoms with Gasteiger partial charge in [-0.25, -0.2) is 4.98 Å². The molecule has 4 aromatic rings. The van der Waals surface area contributed by atoms with Gasteiger partial charge in [0, 0.05) is 30.4 Å². The predicted molar refractivity (Wildman–Crippen MR) is 141 cm³/mol. The number of hydrogen-bond acceptors (Lipinski definition) is 5. The van der Waals surface area contributed by atoms with Crippen molar-refractivity contribution in [2.75, 3.05) is 12.3 Å². The van der Waals surface area contributed by atoms with E-state index in [1.807, 2.05) is 67.0 Å². The fraction of sp³-hybridized carbons (Fsp3) is 0.276. The number of anilines is 1. The average Bonchev–Trinajstić information content (AvgIpc) is 3.36. The zero-order chi connectivity index (χ0) is 24.7. The predicted octanol–water partition coefficient (Wildman–Crippen LogP) is 5.20. The summed E-state index contributed by atoms with van der Waals surface area (Å²) in [4.78, 5) is 4.53. The summed E-state index contributed by atoms with van der Waals surface area (Å²) in [5.74, 6) is 0.619. The SMILES string of the molecule is CC(C)(CCn1cnc(-c2ccccc2)c1)NCC(O)c1ccc(OCc2ccccc2)c(N)c1. The first-order valence-corrected chi connectivity index (χ1v) is 12.0. The van der Waals surface area contributed by atoms with Crippen molar-refractivity contribution in [3.8, 4) is 17.0 Å². The second-order valence-corrected chi connectivity index (χ2v) is 9.46. The maximum atomic E-state index is 10.7. The number of rotatable bonds is 11. The van der Waals surface area contributed by atoms with E-state index in [0.29, 0.717) is 24.6 Å². The second kappa shape index (κ2) is 11.2. The summed E-state index contributed by atoms with van der Waals surface area (Å²) in [6.45, 7) is 5.99. The van der Waals surface area contributed by atoms with E-state index in [1.54, 1.807) is 6.07 Å². The van der Waals surface area contributed by atoms with Crippen LogP contribution in [0.3, 0.4) is 0 Å². The number of aromatic nitrogens is 2. The fourth-order valence-corrected chi connectivity index (χ4v) is 3.87.